The highest BCUT2D eigenvalue weighted by Gasteiger charge is 2.54. The number of carbonyl (C=O) groups is 1. The molecular weight excluding hydrogens is 358 g/mol. The third-order valence-corrected chi connectivity index (χ3v) is 5.88. The molecule has 140 valence electrons. The molecule has 0 aromatic heterocycles. The van der Waals surface area contributed by atoms with Gasteiger partial charge in [-0.15, -0.1) is 0 Å². The third kappa shape index (κ3) is 2.29. The van der Waals surface area contributed by atoms with Crippen molar-refractivity contribution in [3.8, 4) is 0 Å². The summed E-state index contributed by atoms with van der Waals surface area (Å²) in [4.78, 5) is 15.6. The van der Waals surface area contributed by atoms with E-state index in [-0.39, 0.29) is 5.91 Å². The summed E-state index contributed by atoms with van der Waals surface area (Å²) in [6.07, 6.45) is 0. The van der Waals surface area contributed by atoms with Gasteiger partial charge in [0.15, 0.2) is 0 Å². The number of hydrogen-bond acceptors (Lipinski definition) is 3. The van der Waals surface area contributed by atoms with Crippen LogP contribution in [-0.2, 0) is 17.0 Å². The molecule has 0 bridgehead atoms. The highest BCUT2D eigenvalue weighted by Crippen LogP contribution is 2.49. The summed E-state index contributed by atoms with van der Waals surface area (Å²) in [7, 11) is 0. The molecule has 2 heterocycles. The molecular formula is C25H19N3O. The van der Waals surface area contributed by atoms with Crippen LogP contribution in [0.3, 0.4) is 0 Å². The molecule has 0 aliphatic carbocycles. The lowest BCUT2D eigenvalue weighted by atomic mass is 10.0. The van der Waals surface area contributed by atoms with Crippen LogP contribution in [0.15, 0.2) is 91.0 Å². The fraction of sp³-hybridized carbons (Fsp3) is 0.0800. The van der Waals surface area contributed by atoms with Crippen molar-refractivity contribution in [1.82, 2.24) is 0 Å². The van der Waals surface area contributed by atoms with Crippen LogP contribution in [0.25, 0.3) is 10.8 Å². The number of carbonyl (C=O) groups excluding carboxylic acids is 1. The molecule has 4 aromatic rings. The number of fused-ring (bicyclic) bond motifs is 4. The van der Waals surface area contributed by atoms with Crippen molar-refractivity contribution in [2.24, 2.45) is 0 Å². The Hall–Kier alpha value is -3.79. The zero-order valence-electron chi connectivity index (χ0n) is 15.7. The molecule has 2 aliphatic heterocycles. The number of nitrogens with zero attached hydrogens (tertiary/aromatic N) is 1. The van der Waals surface area contributed by atoms with Crippen LogP contribution < -0.4 is 15.5 Å². The van der Waals surface area contributed by atoms with Gasteiger partial charge in [0.25, 0.3) is 5.91 Å². The minimum absolute atomic E-state index is 0.0165. The van der Waals surface area contributed by atoms with Crippen molar-refractivity contribution in [2.75, 3.05) is 15.5 Å². The van der Waals surface area contributed by atoms with Crippen LogP contribution in [0.5, 0.6) is 0 Å². The Bertz CT molecular complexity index is 1220. The Kier molecular flexibility index (Phi) is 3.27. The van der Waals surface area contributed by atoms with Gasteiger partial charge in [0.1, 0.15) is 0 Å². The quantitative estimate of drug-likeness (QED) is 0.512. The van der Waals surface area contributed by atoms with Crippen LogP contribution in [0.4, 0.5) is 17.1 Å². The topological polar surface area (TPSA) is 44.4 Å². The molecule has 4 nitrogen and oxygen atoms in total. The molecule has 4 aromatic carbocycles. The fourth-order valence-corrected chi connectivity index (χ4v) is 4.50. The van der Waals surface area contributed by atoms with Gasteiger partial charge in [-0.05, 0) is 34.5 Å². The SMILES string of the molecule is O=C1N(Cc2ccccc2)c2ccccc2C12Nc1cc3ccccc3cc1N2. The number of para-hydroxylation sites is 1. The molecule has 0 saturated carbocycles. The van der Waals surface area contributed by atoms with Crippen LogP contribution in [0, 0.1) is 0 Å². The van der Waals surface area contributed by atoms with E-state index in [1.54, 1.807) is 0 Å². The number of anilines is 3. The predicted molar refractivity (Wildman–Crippen MR) is 117 cm³/mol. The largest absolute Gasteiger partial charge is 0.349 e. The minimum atomic E-state index is -0.967. The number of amides is 1. The first-order chi connectivity index (χ1) is 14.2. The van der Waals surface area contributed by atoms with Gasteiger partial charge in [-0.25, -0.2) is 0 Å². The number of nitrogens with one attached hydrogen (secondary N) is 2. The lowest BCUT2D eigenvalue weighted by Gasteiger charge is -2.25. The average molecular weight is 377 g/mol. The normalized spacial score (nSPS) is 15.9. The van der Waals surface area contributed by atoms with Crippen LogP contribution in [-0.4, -0.2) is 5.91 Å². The average Bonchev–Trinajstić information content (AvgIpc) is 3.24. The van der Waals surface area contributed by atoms with Crippen molar-refractivity contribution in [3.63, 3.8) is 0 Å². The van der Waals surface area contributed by atoms with Gasteiger partial charge < -0.3 is 15.5 Å². The first-order valence-electron chi connectivity index (χ1n) is 9.79. The van der Waals surface area contributed by atoms with Crippen LogP contribution >= 0.6 is 0 Å². The van der Waals surface area contributed by atoms with Crippen molar-refractivity contribution in [3.05, 3.63) is 102 Å². The van der Waals surface area contributed by atoms with E-state index in [9.17, 15) is 4.79 Å². The van der Waals surface area contributed by atoms with Crippen LogP contribution in [0.1, 0.15) is 11.1 Å². The van der Waals surface area contributed by atoms with E-state index in [1.807, 2.05) is 59.5 Å². The molecule has 1 amide bonds. The fourth-order valence-electron chi connectivity index (χ4n) is 4.50. The second-order valence-electron chi connectivity index (χ2n) is 7.64. The summed E-state index contributed by atoms with van der Waals surface area (Å²) < 4.78 is 0. The first kappa shape index (κ1) is 16.2. The van der Waals surface area contributed by atoms with Gasteiger partial charge in [-0.2, -0.15) is 0 Å². The smallest absolute Gasteiger partial charge is 0.278 e. The molecule has 0 radical (unpaired) electrons. The third-order valence-electron chi connectivity index (χ3n) is 5.88. The Morgan fingerprint density at radius 1 is 0.724 bits per heavy atom. The summed E-state index contributed by atoms with van der Waals surface area (Å²) in [5.41, 5.74) is 3.95. The number of rotatable bonds is 2. The van der Waals surface area contributed by atoms with Gasteiger partial charge >= 0.3 is 0 Å². The lowest BCUT2D eigenvalue weighted by molar-refractivity contribution is -0.121. The Morgan fingerprint density at radius 2 is 1.31 bits per heavy atom. The molecule has 0 atom stereocenters. The van der Waals surface area contributed by atoms with Crippen molar-refractivity contribution in [1.29, 1.82) is 0 Å². The molecule has 2 N–H and O–H groups in total. The summed E-state index contributed by atoms with van der Waals surface area (Å²) in [5, 5.41) is 9.34. The van der Waals surface area contributed by atoms with Gasteiger partial charge in [-0.3, -0.25) is 4.79 Å². The van der Waals surface area contributed by atoms with Gasteiger partial charge in [0.05, 0.1) is 23.6 Å². The van der Waals surface area contributed by atoms with E-state index >= 15 is 0 Å². The second-order valence-corrected chi connectivity index (χ2v) is 7.64. The monoisotopic (exact) mass is 377 g/mol. The number of hydrogen-bond donors (Lipinski definition) is 2. The van der Waals surface area contributed by atoms with Crippen molar-refractivity contribution < 1.29 is 4.79 Å². The van der Waals surface area contributed by atoms with Crippen LogP contribution in [0.2, 0.25) is 0 Å². The molecule has 4 heteroatoms. The summed E-state index contributed by atoms with van der Waals surface area (Å²) in [6.45, 7) is 0.542. The van der Waals surface area contributed by atoms with E-state index < -0.39 is 5.66 Å². The number of benzene rings is 4. The van der Waals surface area contributed by atoms with Crippen molar-refractivity contribution in [2.45, 2.75) is 12.2 Å². The molecule has 0 saturated heterocycles. The molecule has 2 aliphatic rings. The Labute approximate surface area is 168 Å². The predicted octanol–water partition coefficient (Wildman–Crippen LogP) is 5.08. The zero-order chi connectivity index (χ0) is 19.4. The van der Waals surface area contributed by atoms with Gasteiger partial charge in [0.2, 0.25) is 5.66 Å². The van der Waals surface area contributed by atoms with Crippen molar-refractivity contribution >= 4 is 33.7 Å². The van der Waals surface area contributed by atoms with E-state index in [2.05, 4.69) is 47.0 Å². The maximum Gasteiger partial charge on any atom is 0.278 e. The second kappa shape index (κ2) is 5.85. The molecule has 1 spiro atoms. The Balaban J connectivity index is 1.46. The van der Waals surface area contributed by atoms with E-state index in [4.69, 9.17) is 0 Å². The highest BCUT2D eigenvalue weighted by molar-refractivity contribution is 6.13. The summed E-state index contributed by atoms with van der Waals surface area (Å²) in [6, 6.07) is 30.6. The standard InChI is InChI=1S/C25H19N3O/c29-24-25(26-21-14-18-10-4-5-11-19(18)15-22(21)27-25)20-12-6-7-13-23(20)28(24)16-17-8-2-1-3-9-17/h1-15,26-27H,16H2. The van der Waals surface area contributed by atoms with Gasteiger partial charge in [-0.1, -0.05) is 72.8 Å². The highest BCUT2D eigenvalue weighted by atomic mass is 16.2. The molecule has 6 rings (SSSR count). The first-order valence-corrected chi connectivity index (χ1v) is 9.79. The molecule has 29 heavy (non-hydrogen) atoms. The van der Waals surface area contributed by atoms with E-state index in [0.29, 0.717) is 6.54 Å². The summed E-state index contributed by atoms with van der Waals surface area (Å²) >= 11 is 0. The zero-order valence-corrected chi connectivity index (χ0v) is 15.7. The minimum Gasteiger partial charge on any atom is -0.349 e. The summed E-state index contributed by atoms with van der Waals surface area (Å²) in [5.74, 6) is 0.0165. The van der Waals surface area contributed by atoms with E-state index in [1.165, 1.54) is 0 Å². The maximum atomic E-state index is 13.8. The Morgan fingerprint density at radius 3 is 2.00 bits per heavy atom. The molecule has 0 fully saturated rings. The van der Waals surface area contributed by atoms with Gasteiger partial charge in [0, 0.05) is 5.56 Å². The maximum absolute atomic E-state index is 13.8. The lowest BCUT2D eigenvalue weighted by Crippen LogP contribution is -2.48. The van der Waals surface area contributed by atoms with E-state index in [0.717, 1.165) is 39.0 Å². The molecule has 0 unspecified atom stereocenters.